The van der Waals surface area contributed by atoms with E-state index in [0.29, 0.717) is 11.5 Å². The highest BCUT2D eigenvalue weighted by atomic mass is 16.5. The summed E-state index contributed by atoms with van der Waals surface area (Å²) in [7, 11) is 3.20. The van der Waals surface area contributed by atoms with Gasteiger partial charge < -0.3 is 14.6 Å². The van der Waals surface area contributed by atoms with E-state index in [-0.39, 0.29) is 5.75 Å². The highest BCUT2D eigenvalue weighted by Crippen LogP contribution is 2.34. The number of methoxy groups -OCH3 is 2. The third-order valence-corrected chi connectivity index (χ3v) is 3.44. The Balaban J connectivity index is 2.19. The van der Waals surface area contributed by atoms with Gasteiger partial charge in [0.15, 0.2) is 0 Å². The largest absolute Gasteiger partial charge is 0.507 e. The zero-order chi connectivity index (χ0) is 13.0. The van der Waals surface area contributed by atoms with Gasteiger partial charge in [-0.3, -0.25) is 4.90 Å². The average molecular weight is 251 g/mol. The second-order valence-corrected chi connectivity index (χ2v) is 4.66. The first-order valence-electron chi connectivity index (χ1n) is 6.41. The number of rotatable bonds is 4. The van der Waals surface area contributed by atoms with Crippen LogP contribution >= 0.6 is 0 Å². The zero-order valence-corrected chi connectivity index (χ0v) is 11.1. The minimum atomic E-state index is 0.247. The molecule has 0 spiro atoms. The van der Waals surface area contributed by atoms with Crippen LogP contribution in [0.1, 0.15) is 24.8 Å². The summed E-state index contributed by atoms with van der Waals surface area (Å²) >= 11 is 0. The van der Waals surface area contributed by atoms with Gasteiger partial charge in [-0.25, -0.2) is 0 Å². The van der Waals surface area contributed by atoms with Crippen LogP contribution in [0.15, 0.2) is 12.1 Å². The predicted octanol–water partition coefficient (Wildman–Crippen LogP) is 2.40. The van der Waals surface area contributed by atoms with Crippen molar-refractivity contribution in [1.29, 1.82) is 0 Å². The molecule has 0 aromatic heterocycles. The Kier molecular flexibility index (Phi) is 4.31. The smallest absolute Gasteiger partial charge is 0.130 e. The van der Waals surface area contributed by atoms with Gasteiger partial charge in [-0.1, -0.05) is 6.42 Å². The second kappa shape index (κ2) is 5.96. The first kappa shape index (κ1) is 13.0. The predicted molar refractivity (Wildman–Crippen MR) is 70.3 cm³/mol. The molecule has 18 heavy (non-hydrogen) atoms. The summed E-state index contributed by atoms with van der Waals surface area (Å²) in [5.41, 5.74) is 0.847. The molecular formula is C14H21NO3. The van der Waals surface area contributed by atoms with Gasteiger partial charge in [0.2, 0.25) is 0 Å². The summed E-state index contributed by atoms with van der Waals surface area (Å²) in [6, 6.07) is 3.46. The summed E-state index contributed by atoms with van der Waals surface area (Å²) < 4.78 is 10.5. The van der Waals surface area contributed by atoms with Crippen molar-refractivity contribution >= 4 is 0 Å². The second-order valence-electron chi connectivity index (χ2n) is 4.66. The molecule has 0 amide bonds. The third kappa shape index (κ3) is 2.88. The van der Waals surface area contributed by atoms with Crippen molar-refractivity contribution in [3.05, 3.63) is 17.7 Å². The van der Waals surface area contributed by atoms with Crippen molar-refractivity contribution in [2.75, 3.05) is 27.3 Å². The molecule has 0 atom stereocenters. The van der Waals surface area contributed by atoms with Crippen molar-refractivity contribution in [3.8, 4) is 17.2 Å². The van der Waals surface area contributed by atoms with E-state index in [1.165, 1.54) is 19.3 Å². The van der Waals surface area contributed by atoms with Crippen molar-refractivity contribution in [1.82, 2.24) is 4.90 Å². The lowest BCUT2D eigenvalue weighted by Crippen LogP contribution is -2.29. The van der Waals surface area contributed by atoms with Crippen LogP contribution < -0.4 is 9.47 Å². The maximum atomic E-state index is 10.1. The minimum Gasteiger partial charge on any atom is -0.507 e. The molecule has 1 aliphatic rings. The van der Waals surface area contributed by atoms with E-state index in [2.05, 4.69) is 4.90 Å². The fourth-order valence-corrected chi connectivity index (χ4v) is 2.41. The Labute approximate surface area is 108 Å². The third-order valence-electron chi connectivity index (χ3n) is 3.44. The highest BCUT2D eigenvalue weighted by Gasteiger charge is 2.17. The van der Waals surface area contributed by atoms with Crippen molar-refractivity contribution in [3.63, 3.8) is 0 Å². The summed E-state index contributed by atoms with van der Waals surface area (Å²) in [5, 5.41) is 10.1. The van der Waals surface area contributed by atoms with Gasteiger partial charge in [-0.05, 0) is 25.9 Å². The number of benzene rings is 1. The maximum absolute atomic E-state index is 10.1. The summed E-state index contributed by atoms with van der Waals surface area (Å²) in [6.07, 6.45) is 3.78. The number of phenols is 1. The van der Waals surface area contributed by atoms with Gasteiger partial charge in [0, 0.05) is 18.7 Å². The van der Waals surface area contributed by atoms with E-state index >= 15 is 0 Å². The summed E-state index contributed by atoms with van der Waals surface area (Å²) in [5.74, 6) is 1.56. The number of ether oxygens (including phenoxy) is 2. The van der Waals surface area contributed by atoms with E-state index in [0.717, 1.165) is 25.2 Å². The lowest BCUT2D eigenvalue weighted by Gasteiger charge is -2.27. The zero-order valence-electron chi connectivity index (χ0n) is 11.1. The van der Waals surface area contributed by atoms with Crippen LogP contribution in [0.4, 0.5) is 0 Å². The molecule has 100 valence electrons. The van der Waals surface area contributed by atoms with Gasteiger partial charge >= 0.3 is 0 Å². The lowest BCUT2D eigenvalue weighted by atomic mass is 10.1. The van der Waals surface area contributed by atoms with Crippen molar-refractivity contribution in [2.45, 2.75) is 25.8 Å². The summed E-state index contributed by atoms with van der Waals surface area (Å²) in [6.45, 7) is 2.92. The van der Waals surface area contributed by atoms with E-state index in [1.807, 2.05) is 6.07 Å². The Bertz CT molecular complexity index is 400. The molecule has 4 heteroatoms. The van der Waals surface area contributed by atoms with Crippen LogP contribution in [-0.4, -0.2) is 37.3 Å². The molecule has 1 heterocycles. The SMILES string of the molecule is COc1cc(O)c(CN2CCCCC2)c(OC)c1. The molecule has 0 aliphatic carbocycles. The Morgan fingerprint density at radius 1 is 1.11 bits per heavy atom. The first-order valence-corrected chi connectivity index (χ1v) is 6.41. The number of phenolic OH excluding ortho intramolecular Hbond substituents is 1. The average Bonchev–Trinajstić information content (AvgIpc) is 2.42. The van der Waals surface area contributed by atoms with Crippen molar-refractivity contribution in [2.24, 2.45) is 0 Å². The lowest BCUT2D eigenvalue weighted by molar-refractivity contribution is 0.215. The molecule has 0 saturated carbocycles. The van der Waals surface area contributed by atoms with Gasteiger partial charge in [-0.2, -0.15) is 0 Å². The van der Waals surface area contributed by atoms with Crippen LogP contribution in [0.5, 0.6) is 17.2 Å². The Morgan fingerprint density at radius 2 is 1.83 bits per heavy atom. The monoisotopic (exact) mass is 251 g/mol. The van der Waals surface area contributed by atoms with E-state index < -0.39 is 0 Å². The van der Waals surface area contributed by atoms with Crippen LogP contribution in [0.2, 0.25) is 0 Å². The number of hydrogen-bond donors (Lipinski definition) is 1. The molecule has 4 nitrogen and oxygen atoms in total. The van der Waals surface area contributed by atoms with E-state index in [4.69, 9.17) is 9.47 Å². The van der Waals surface area contributed by atoms with Crippen LogP contribution in [0.3, 0.4) is 0 Å². The molecule has 0 radical (unpaired) electrons. The summed E-state index contributed by atoms with van der Waals surface area (Å²) in [4.78, 5) is 2.35. The fraction of sp³-hybridized carbons (Fsp3) is 0.571. The molecule has 2 rings (SSSR count). The van der Waals surface area contributed by atoms with Crippen LogP contribution in [0.25, 0.3) is 0 Å². The Hall–Kier alpha value is -1.42. The standard InChI is InChI=1S/C14H21NO3/c1-17-11-8-13(16)12(14(9-11)18-2)10-15-6-4-3-5-7-15/h8-9,16H,3-7,10H2,1-2H3. The van der Waals surface area contributed by atoms with Gasteiger partial charge in [-0.15, -0.1) is 0 Å². The molecular weight excluding hydrogens is 230 g/mol. The number of piperidine rings is 1. The van der Waals surface area contributed by atoms with Gasteiger partial charge in [0.05, 0.1) is 19.8 Å². The number of aromatic hydroxyl groups is 1. The van der Waals surface area contributed by atoms with E-state index in [9.17, 15) is 5.11 Å². The molecule has 1 aliphatic heterocycles. The van der Waals surface area contributed by atoms with E-state index in [1.54, 1.807) is 20.3 Å². The topological polar surface area (TPSA) is 41.9 Å². The molecule has 1 saturated heterocycles. The normalized spacial score (nSPS) is 16.6. The van der Waals surface area contributed by atoms with Gasteiger partial charge in [0.25, 0.3) is 0 Å². The quantitative estimate of drug-likeness (QED) is 0.892. The number of nitrogens with zero attached hydrogens (tertiary/aromatic N) is 1. The van der Waals surface area contributed by atoms with Crippen LogP contribution in [0, 0.1) is 0 Å². The fourth-order valence-electron chi connectivity index (χ4n) is 2.41. The minimum absolute atomic E-state index is 0.247. The Morgan fingerprint density at radius 3 is 2.44 bits per heavy atom. The molecule has 1 aromatic carbocycles. The highest BCUT2D eigenvalue weighted by molar-refractivity contribution is 5.49. The maximum Gasteiger partial charge on any atom is 0.130 e. The van der Waals surface area contributed by atoms with Crippen LogP contribution in [-0.2, 0) is 6.54 Å². The number of hydrogen-bond acceptors (Lipinski definition) is 4. The molecule has 1 N–H and O–H groups in total. The van der Waals surface area contributed by atoms with Gasteiger partial charge in [0.1, 0.15) is 17.2 Å². The van der Waals surface area contributed by atoms with Crippen molar-refractivity contribution < 1.29 is 14.6 Å². The number of likely N-dealkylation sites (tertiary alicyclic amines) is 1. The molecule has 0 bridgehead atoms. The molecule has 0 unspecified atom stereocenters. The molecule has 1 aromatic rings. The molecule has 1 fully saturated rings. The first-order chi connectivity index (χ1) is 8.74.